The van der Waals surface area contributed by atoms with Crippen molar-refractivity contribution in [3.8, 4) is 0 Å². The van der Waals surface area contributed by atoms with Crippen LogP contribution in [0.4, 0.5) is 17.6 Å². The summed E-state index contributed by atoms with van der Waals surface area (Å²) in [5, 5.41) is 3.22. The van der Waals surface area contributed by atoms with E-state index in [1.807, 2.05) is 13.8 Å². The molecule has 2 atom stereocenters. The first-order valence-electron chi connectivity index (χ1n) is 8.16. The minimum atomic E-state index is -4.55. The van der Waals surface area contributed by atoms with Gasteiger partial charge in [-0.1, -0.05) is 26.3 Å². The molecule has 1 N–H and O–H groups in total. The highest BCUT2D eigenvalue weighted by Crippen LogP contribution is 2.40. The third-order valence-electron chi connectivity index (χ3n) is 4.47. The van der Waals surface area contributed by atoms with Gasteiger partial charge in [0.1, 0.15) is 5.82 Å². The zero-order chi connectivity index (χ0) is 17.0. The van der Waals surface area contributed by atoms with E-state index in [-0.39, 0.29) is 29.9 Å². The van der Waals surface area contributed by atoms with Crippen molar-refractivity contribution in [1.29, 1.82) is 0 Å². The van der Waals surface area contributed by atoms with Crippen LogP contribution in [0.1, 0.15) is 43.9 Å². The van der Waals surface area contributed by atoms with E-state index in [4.69, 9.17) is 0 Å². The second-order valence-corrected chi connectivity index (χ2v) is 6.23. The molecule has 0 saturated carbocycles. The number of alkyl halides is 3. The fraction of sp³-hybridized carbons (Fsp3) is 0.647. The number of rotatable bonds is 5. The van der Waals surface area contributed by atoms with Gasteiger partial charge in [0, 0.05) is 32.2 Å². The quantitative estimate of drug-likeness (QED) is 0.761. The molecule has 24 heavy (non-hydrogen) atoms. The molecule has 1 aromatic rings. The van der Waals surface area contributed by atoms with Crippen LogP contribution in [0.2, 0.25) is 0 Å². The number of piperazine rings is 1. The summed E-state index contributed by atoms with van der Waals surface area (Å²) in [4.78, 5) is 2.10. The van der Waals surface area contributed by atoms with Crippen molar-refractivity contribution in [1.82, 2.24) is 10.2 Å². The lowest BCUT2D eigenvalue weighted by atomic mass is 9.86. The Morgan fingerprint density at radius 3 is 2.38 bits per heavy atom. The highest BCUT2D eigenvalue weighted by Gasteiger charge is 2.38. The van der Waals surface area contributed by atoms with Gasteiger partial charge in [-0.15, -0.1) is 12.4 Å². The van der Waals surface area contributed by atoms with E-state index in [1.165, 1.54) is 6.07 Å². The van der Waals surface area contributed by atoms with Crippen molar-refractivity contribution < 1.29 is 17.6 Å². The second-order valence-electron chi connectivity index (χ2n) is 6.23. The molecule has 0 aliphatic carbocycles. The molecule has 138 valence electrons. The van der Waals surface area contributed by atoms with Crippen LogP contribution >= 0.6 is 12.4 Å². The maximum absolute atomic E-state index is 13.4. The molecule has 0 radical (unpaired) electrons. The average molecular weight is 369 g/mol. The molecule has 0 spiro atoms. The predicted molar refractivity (Wildman–Crippen MR) is 89.9 cm³/mol. The van der Waals surface area contributed by atoms with Gasteiger partial charge in [0.25, 0.3) is 0 Å². The van der Waals surface area contributed by atoms with E-state index >= 15 is 0 Å². The first kappa shape index (κ1) is 21.2. The largest absolute Gasteiger partial charge is 0.416 e. The maximum atomic E-state index is 13.4. The summed E-state index contributed by atoms with van der Waals surface area (Å²) in [6, 6.07) is 2.74. The van der Waals surface area contributed by atoms with E-state index in [9.17, 15) is 17.6 Å². The Morgan fingerprint density at radius 1 is 1.21 bits per heavy atom. The lowest BCUT2D eigenvalue weighted by Crippen LogP contribution is -2.47. The lowest BCUT2D eigenvalue weighted by molar-refractivity contribution is -0.139. The van der Waals surface area contributed by atoms with Crippen LogP contribution < -0.4 is 5.32 Å². The highest BCUT2D eigenvalue weighted by molar-refractivity contribution is 5.85. The van der Waals surface area contributed by atoms with Crippen LogP contribution in [0.3, 0.4) is 0 Å². The Balaban J connectivity index is 0.00000288. The fourth-order valence-corrected chi connectivity index (χ4v) is 3.47. The maximum Gasteiger partial charge on any atom is 0.416 e. The van der Waals surface area contributed by atoms with Crippen molar-refractivity contribution in [3.63, 3.8) is 0 Å². The van der Waals surface area contributed by atoms with Crippen LogP contribution in [0.5, 0.6) is 0 Å². The van der Waals surface area contributed by atoms with E-state index in [0.717, 1.165) is 32.0 Å². The highest BCUT2D eigenvalue weighted by atomic mass is 35.5. The van der Waals surface area contributed by atoms with Gasteiger partial charge >= 0.3 is 6.18 Å². The second kappa shape index (κ2) is 9.02. The SMILES string of the molecule is CCCC(C)[C@@H](c1ccc(F)cc1C(F)(F)F)N1CCNCC1.Cl. The van der Waals surface area contributed by atoms with E-state index in [2.05, 4.69) is 10.2 Å². The molecule has 0 bridgehead atoms. The zero-order valence-electron chi connectivity index (χ0n) is 14.0. The van der Waals surface area contributed by atoms with Crippen molar-refractivity contribution in [2.45, 2.75) is 38.9 Å². The Bertz CT molecular complexity index is 516. The zero-order valence-corrected chi connectivity index (χ0v) is 14.8. The minimum Gasteiger partial charge on any atom is -0.314 e. The van der Waals surface area contributed by atoms with Crippen LogP contribution in [-0.4, -0.2) is 31.1 Å². The van der Waals surface area contributed by atoms with E-state index < -0.39 is 17.6 Å². The standard InChI is InChI=1S/C17H24F4N2.ClH/c1-3-4-12(2)16(23-9-7-22-8-10-23)14-6-5-13(18)11-15(14)17(19,20)21;/h5-6,11-12,16,22H,3-4,7-10H2,1-2H3;1H/t12?,16-;/m0./s1. The van der Waals surface area contributed by atoms with E-state index in [1.54, 1.807) is 0 Å². The summed E-state index contributed by atoms with van der Waals surface area (Å²) in [7, 11) is 0. The molecule has 1 fully saturated rings. The molecule has 1 unspecified atom stereocenters. The number of halogens is 5. The van der Waals surface area contributed by atoms with Gasteiger partial charge in [-0.25, -0.2) is 4.39 Å². The molecule has 1 saturated heterocycles. The fourth-order valence-electron chi connectivity index (χ4n) is 3.47. The number of hydrogen-bond donors (Lipinski definition) is 1. The first-order chi connectivity index (χ1) is 10.8. The molecule has 1 aliphatic heterocycles. The van der Waals surface area contributed by atoms with Gasteiger partial charge in [0.15, 0.2) is 0 Å². The molecule has 1 aliphatic rings. The molecule has 1 aromatic carbocycles. The molecule has 7 heteroatoms. The minimum absolute atomic E-state index is 0. The third kappa shape index (κ3) is 5.07. The topological polar surface area (TPSA) is 15.3 Å². The van der Waals surface area contributed by atoms with Gasteiger partial charge in [-0.05, 0) is 30.0 Å². The lowest BCUT2D eigenvalue weighted by Gasteiger charge is -2.39. The Labute approximate surface area is 147 Å². The number of nitrogens with zero attached hydrogens (tertiary/aromatic N) is 1. The third-order valence-corrected chi connectivity index (χ3v) is 4.47. The number of benzene rings is 1. The summed E-state index contributed by atoms with van der Waals surface area (Å²) in [5.74, 6) is -0.770. The summed E-state index contributed by atoms with van der Waals surface area (Å²) in [6.45, 7) is 6.94. The monoisotopic (exact) mass is 368 g/mol. The van der Waals surface area contributed by atoms with Crippen molar-refractivity contribution >= 4 is 12.4 Å². The number of hydrogen-bond acceptors (Lipinski definition) is 2. The molecule has 2 nitrogen and oxygen atoms in total. The molecule has 0 amide bonds. The Hall–Kier alpha value is -0.850. The summed E-state index contributed by atoms with van der Waals surface area (Å²) >= 11 is 0. The smallest absolute Gasteiger partial charge is 0.314 e. The normalized spacial score (nSPS) is 18.8. The molecule has 1 heterocycles. The van der Waals surface area contributed by atoms with Crippen molar-refractivity contribution in [3.05, 3.63) is 35.1 Å². The number of nitrogens with one attached hydrogen (secondary N) is 1. The first-order valence-corrected chi connectivity index (χ1v) is 8.16. The molecular formula is C17H25ClF4N2. The predicted octanol–water partition coefficient (Wildman–Crippen LogP) is 4.65. The average Bonchev–Trinajstić information content (AvgIpc) is 2.49. The Kier molecular flexibility index (Phi) is 7.96. The summed E-state index contributed by atoms with van der Waals surface area (Å²) < 4.78 is 53.6. The van der Waals surface area contributed by atoms with E-state index in [0.29, 0.717) is 19.2 Å². The van der Waals surface area contributed by atoms with Gasteiger partial charge in [0.05, 0.1) is 5.56 Å². The van der Waals surface area contributed by atoms with Gasteiger partial charge in [-0.3, -0.25) is 4.90 Å². The van der Waals surface area contributed by atoms with Crippen LogP contribution in [-0.2, 0) is 6.18 Å². The molecule has 0 aromatic heterocycles. The molecule has 2 rings (SSSR count). The summed E-state index contributed by atoms with van der Waals surface area (Å²) in [6.07, 6.45) is -2.80. The van der Waals surface area contributed by atoms with Crippen molar-refractivity contribution in [2.75, 3.05) is 26.2 Å². The van der Waals surface area contributed by atoms with Crippen LogP contribution in [0, 0.1) is 11.7 Å². The summed E-state index contributed by atoms with van der Waals surface area (Å²) in [5.41, 5.74) is -0.647. The van der Waals surface area contributed by atoms with Gasteiger partial charge in [-0.2, -0.15) is 13.2 Å². The Morgan fingerprint density at radius 2 is 1.83 bits per heavy atom. The molecular weight excluding hydrogens is 344 g/mol. The van der Waals surface area contributed by atoms with Gasteiger partial charge < -0.3 is 5.32 Å². The van der Waals surface area contributed by atoms with Crippen LogP contribution in [0.25, 0.3) is 0 Å². The van der Waals surface area contributed by atoms with Crippen LogP contribution in [0.15, 0.2) is 18.2 Å². The van der Waals surface area contributed by atoms with Gasteiger partial charge in [0.2, 0.25) is 0 Å². The van der Waals surface area contributed by atoms with Crippen molar-refractivity contribution in [2.24, 2.45) is 5.92 Å².